The molecular formula is C22H20N2O3. The summed E-state index contributed by atoms with van der Waals surface area (Å²) in [7, 11) is 0. The second-order valence-corrected chi connectivity index (χ2v) is 6.84. The molecule has 2 aromatic rings. The van der Waals surface area contributed by atoms with Crippen LogP contribution in [-0.4, -0.2) is 40.6 Å². The summed E-state index contributed by atoms with van der Waals surface area (Å²) in [6.45, 7) is 4.43. The molecule has 0 aliphatic carbocycles. The molecule has 5 nitrogen and oxygen atoms in total. The van der Waals surface area contributed by atoms with Crippen LogP contribution >= 0.6 is 0 Å². The Morgan fingerprint density at radius 1 is 1.07 bits per heavy atom. The van der Waals surface area contributed by atoms with Crippen LogP contribution in [0.1, 0.15) is 55.5 Å². The molecule has 0 unspecified atom stereocenters. The minimum Gasteiger partial charge on any atom is -0.332 e. The molecular weight excluding hydrogens is 340 g/mol. The second-order valence-electron chi connectivity index (χ2n) is 6.84. The van der Waals surface area contributed by atoms with Gasteiger partial charge in [-0.1, -0.05) is 36.4 Å². The van der Waals surface area contributed by atoms with E-state index >= 15 is 0 Å². The number of likely N-dealkylation sites (tertiary alicyclic amines) is 1. The van der Waals surface area contributed by atoms with Crippen molar-refractivity contribution in [2.75, 3.05) is 13.1 Å². The first-order valence-electron chi connectivity index (χ1n) is 9.09. The summed E-state index contributed by atoms with van der Waals surface area (Å²) in [4.78, 5) is 41.0. The number of imide groups is 1. The number of fused-ring (bicyclic) bond motifs is 1. The molecule has 0 saturated carbocycles. The third-order valence-electron chi connectivity index (χ3n) is 5.23. The Morgan fingerprint density at radius 3 is 2.56 bits per heavy atom. The summed E-state index contributed by atoms with van der Waals surface area (Å²) in [6, 6.07) is 14.8. The van der Waals surface area contributed by atoms with Gasteiger partial charge >= 0.3 is 0 Å². The molecule has 0 spiro atoms. The molecule has 2 aliphatic heterocycles. The Hall–Kier alpha value is -3.21. The van der Waals surface area contributed by atoms with Gasteiger partial charge in [-0.25, -0.2) is 0 Å². The molecule has 2 aromatic carbocycles. The maximum absolute atomic E-state index is 13.1. The molecule has 2 aliphatic rings. The highest BCUT2D eigenvalue weighted by Gasteiger charge is 2.36. The fourth-order valence-corrected chi connectivity index (χ4v) is 3.92. The number of carbonyl (C=O) groups excluding carboxylic acids is 3. The van der Waals surface area contributed by atoms with Gasteiger partial charge < -0.3 is 4.90 Å². The maximum atomic E-state index is 13.1. The molecule has 3 amide bonds. The highest BCUT2D eigenvalue weighted by molar-refractivity contribution is 6.22. The predicted molar refractivity (Wildman–Crippen MR) is 101 cm³/mol. The quantitative estimate of drug-likeness (QED) is 0.620. The van der Waals surface area contributed by atoms with Gasteiger partial charge in [-0.3, -0.25) is 19.3 Å². The van der Waals surface area contributed by atoms with E-state index in [9.17, 15) is 14.4 Å². The molecule has 136 valence electrons. The van der Waals surface area contributed by atoms with Crippen LogP contribution in [-0.2, 0) is 0 Å². The second kappa shape index (κ2) is 6.83. The van der Waals surface area contributed by atoms with Crippen molar-refractivity contribution >= 4 is 17.7 Å². The van der Waals surface area contributed by atoms with Gasteiger partial charge in [0.2, 0.25) is 0 Å². The van der Waals surface area contributed by atoms with E-state index in [0.29, 0.717) is 23.2 Å². The summed E-state index contributed by atoms with van der Waals surface area (Å²) < 4.78 is 0. The van der Waals surface area contributed by atoms with Crippen molar-refractivity contribution in [2.45, 2.75) is 18.9 Å². The fourth-order valence-electron chi connectivity index (χ4n) is 3.92. The van der Waals surface area contributed by atoms with Crippen LogP contribution in [0.5, 0.6) is 0 Å². The zero-order valence-corrected chi connectivity index (χ0v) is 14.9. The van der Waals surface area contributed by atoms with E-state index in [1.807, 2.05) is 35.2 Å². The van der Waals surface area contributed by atoms with Crippen LogP contribution < -0.4 is 0 Å². The lowest BCUT2D eigenvalue weighted by Gasteiger charge is -2.25. The van der Waals surface area contributed by atoms with Gasteiger partial charge in [0, 0.05) is 18.7 Å². The smallest absolute Gasteiger partial charge is 0.261 e. The Morgan fingerprint density at radius 2 is 1.81 bits per heavy atom. The van der Waals surface area contributed by atoms with Gasteiger partial charge in [0.15, 0.2) is 0 Å². The summed E-state index contributed by atoms with van der Waals surface area (Å²) in [5, 5.41) is 0. The van der Waals surface area contributed by atoms with Crippen molar-refractivity contribution in [1.29, 1.82) is 0 Å². The van der Waals surface area contributed by atoms with Gasteiger partial charge in [-0.15, -0.1) is 6.58 Å². The molecule has 5 heteroatoms. The molecule has 0 bridgehead atoms. The summed E-state index contributed by atoms with van der Waals surface area (Å²) in [5.74, 6) is -0.811. The summed E-state index contributed by atoms with van der Waals surface area (Å²) in [5.41, 5.74) is 2.20. The number of rotatable bonds is 4. The van der Waals surface area contributed by atoms with Crippen molar-refractivity contribution in [2.24, 2.45) is 0 Å². The van der Waals surface area contributed by atoms with E-state index in [4.69, 9.17) is 0 Å². The third kappa shape index (κ3) is 2.85. The van der Waals surface area contributed by atoms with Crippen LogP contribution in [0.25, 0.3) is 0 Å². The van der Waals surface area contributed by atoms with Crippen molar-refractivity contribution in [3.8, 4) is 0 Å². The van der Waals surface area contributed by atoms with E-state index in [2.05, 4.69) is 6.58 Å². The van der Waals surface area contributed by atoms with Gasteiger partial charge in [0.25, 0.3) is 17.7 Å². The minimum atomic E-state index is -0.370. The first-order valence-corrected chi connectivity index (χ1v) is 9.09. The largest absolute Gasteiger partial charge is 0.332 e. The van der Waals surface area contributed by atoms with Crippen LogP contribution in [0.15, 0.2) is 61.2 Å². The predicted octanol–water partition coefficient (Wildman–Crippen LogP) is 3.45. The monoisotopic (exact) mass is 360 g/mol. The van der Waals surface area contributed by atoms with E-state index < -0.39 is 0 Å². The molecule has 4 rings (SSSR count). The van der Waals surface area contributed by atoms with Crippen molar-refractivity contribution in [1.82, 2.24) is 9.80 Å². The lowest BCUT2D eigenvalue weighted by atomic mass is 10.0. The number of amides is 3. The maximum Gasteiger partial charge on any atom is 0.261 e. The average Bonchev–Trinajstić information content (AvgIpc) is 3.28. The normalized spacial score (nSPS) is 18.7. The van der Waals surface area contributed by atoms with Crippen LogP contribution in [0.3, 0.4) is 0 Å². The number of nitrogens with zero attached hydrogens (tertiary/aromatic N) is 2. The third-order valence-corrected chi connectivity index (χ3v) is 5.23. The fraction of sp³-hybridized carbons (Fsp3) is 0.227. The Balaban J connectivity index is 1.63. The average molecular weight is 360 g/mol. The van der Waals surface area contributed by atoms with E-state index in [0.717, 1.165) is 23.3 Å². The van der Waals surface area contributed by atoms with Gasteiger partial charge in [-0.2, -0.15) is 0 Å². The lowest BCUT2D eigenvalue weighted by Crippen LogP contribution is -2.30. The standard InChI is InChI=1S/C22H20N2O3/c1-2-12-24-21(26)17-11-10-16(14-18(17)22(24)27)20(25)23-13-6-9-19(23)15-7-4-3-5-8-15/h2-5,7-8,10-11,14,19H,1,6,9,12-13H2/t19-/m1/s1. The van der Waals surface area contributed by atoms with Gasteiger partial charge in [-0.05, 0) is 36.6 Å². The Kier molecular flexibility index (Phi) is 4.36. The molecule has 0 N–H and O–H groups in total. The molecule has 1 saturated heterocycles. The minimum absolute atomic E-state index is 0.0431. The van der Waals surface area contributed by atoms with Gasteiger partial charge in [0.05, 0.1) is 17.2 Å². The molecule has 1 fully saturated rings. The Labute approximate surface area is 157 Å². The zero-order chi connectivity index (χ0) is 19.0. The number of carbonyl (C=O) groups is 3. The molecule has 27 heavy (non-hydrogen) atoms. The molecule has 1 atom stereocenters. The van der Waals surface area contributed by atoms with E-state index in [1.54, 1.807) is 18.2 Å². The highest BCUT2D eigenvalue weighted by Crippen LogP contribution is 2.33. The van der Waals surface area contributed by atoms with Gasteiger partial charge in [0.1, 0.15) is 0 Å². The van der Waals surface area contributed by atoms with Crippen LogP contribution in [0.2, 0.25) is 0 Å². The molecule has 0 radical (unpaired) electrons. The summed E-state index contributed by atoms with van der Waals surface area (Å²) in [6.07, 6.45) is 3.38. The van der Waals surface area contributed by atoms with Crippen molar-refractivity contribution < 1.29 is 14.4 Å². The Bertz CT molecular complexity index is 936. The zero-order valence-electron chi connectivity index (χ0n) is 14.9. The lowest BCUT2D eigenvalue weighted by molar-refractivity contribution is 0.0671. The van der Waals surface area contributed by atoms with Crippen LogP contribution in [0, 0.1) is 0 Å². The molecule has 2 heterocycles. The number of hydrogen-bond donors (Lipinski definition) is 0. The summed E-state index contributed by atoms with van der Waals surface area (Å²) >= 11 is 0. The SMILES string of the molecule is C=CCN1C(=O)c2ccc(C(=O)N3CCC[C@@H]3c3ccccc3)cc2C1=O. The van der Waals surface area contributed by atoms with E-state index in [1.165, 1.54) is 6.08 Å². The highest BCUT2D eigenvalue weighted by atomic mass is 16.2. The van der Waals surface area contributed by atoms with Crippen molar-refractivity contribution in [3.05, 3.63) is 83.4 Å². The first kappa shape index (κ1) is 17.2. The topological polar surface area (TPSA) is 57.7 Å². The van der Waals surface area contributed by atoms with Crippen LogP contribution in [0.4, 0.5) is 0 Å². The first-order chi connectivity index (χ1) is 13.1. The van der Waals surface area contributed by atoms with E-state index in [-0.39, 0.29) is 30.3 Å². The van der Waals surface area contributed by atoms with Crippen molar-refractivity contribution in [3.63, 3.8) is 0 Å². The number of benzene rings is 2. The molecule has 0 aromatic heterocycles. The number of hydrogen-bond acceptors (Lipinski definition) is 3.